The third kappa shape index (κ3) is 5.31. The molecule has 0 spiro atoms. The third-order valence-electron chi connectivity index (χ3n) is 3.46. The number of hydrogen-bond donors (Lipinski definition) is 1. The first-order valence-electron chi connectivity index (χ1n) is 8.14. The molecule has 0 unspecified atom stereocenters. The molecule has 6 heteroatoms. The number of amides is 1. The zero-order valence-corrected chi connectivity index (χ0v) is 15.3. The molecule has 1 N–H and O–H groups in total. The van der Waals surface area contributed by atoms with Gasteiger partial charge in [-0.25, -0.2) is 9.18 Å². The van der Waals surface area contributed by atoms with Crippen LogP contribution in [-0.2, 0) is 11.2 Å². The lowest BCUT2D eigenvalue weighted by molar-refractivity contribution is 0.0635. The van der Waals surface area contributed by atoms with Crippen LogP contribution in [0, 0.1) is 5.82 Å². The van der Waals surface area contributed by atoms with Gasteiger partial charge in [-0.15, -0.1) is 0 Å². The van der Waals surface area contributed by atoms with E-state index in [2.05, 4.69) is 5.32 Å². The van der Waals surface area contributed by atoms with Gasteiger partial charge in [0.05, 0.1) is 12.8 Å². The molecule has 0 saturated carbocycles. The Morgan fingerprint density at radius 3 is 2.35 bits per heavy atom. The summed E-state index contributed by atoms with van der Waals surface area (Å²) in [5, 5.41) is 2.51. The summed E-state index contributed by atoms with van der Waals surface area (Å²) in [5.74, 6) is -0.809. The largest absolute Gasteiger partial charge is 0.494 e. The molecule has 0 fully saturated rings. The van der Waals surface area contributed by atoms with E-state index in [9.17, 15) is 14.0 Å². The van der Waals surface area contributed by atoms with Crippen molar-refractivity contribution in [2.45, 2.75) is 32.8 Å². The number of ketones is 1. The molecule has 0 bridgehead atoms. The van der Waals surface area contributed by atoms with E-state index in [-0.39, 0.29) is 23.6 Å². The normalized spacial score (nSPS) is 11.0. The van der Waals surface area contributed by atoms with Crippen LogP contribution in [0.5, 0.6) is 5.75 Å². The minimum atomic E-state index is -0.726. The fraction of sp³-hybridized carbons (Fsp3) is 0.300. The molecule has 0 aliphatic heterocycles. The van der Waals surface area contributed by atoms with Crippen LogP contribution in [0.3, 0.4) is 0 Å². The van der Waals surface area contributed by atoms with Crippen molar-refractivity contribution in [3.05, 3.63) is 59.4 Å². The average Bonchev–Trinajstić information content (AvgIpc) is 2.56. The van der Waals surface area contributed by atoms with Gasteiger partial charge in [-0.3, -0.25) is 10.1 Å². The second kappa shape index (κ2) is 7.99. The molecular weight excluding hydrogens is 337 g/mol. The number of carbonyl (C=O) groups is 2. The predicted molar refractivity (Wildman–Crippen MR) is 97.3 cm³/mol. The summed E-state index contributed by atoms with van der Waals surface area (Å²) in [6.07, 6.45) is -0.748. The van der Waals surface area contributed by atoms with E-state index in [0.717, 1.165) is 6.07 Å². The van der Waals surface area contributed by atoms with E-state index in [1.165, 1.54) is 13.2 Å². The lowest BCUT2D eigenvalue weighted by Gasteiger charge is -2.20. The quantitative estimate of drug-likeness (QED) is 0.792. The maximum absolute atomic E-state index is 14.1. The van der Waals surface area contributed by atoms with Crippen molar-refractivity contribution in [2.24, 2.45) is 0 Å². The summed E-state index contributed by atoms with van der Waals surface area (Å²) < 4.78 is 24.3. The number of nitrogens with one attached hydrogen (secondary N) is 1. The van der Waals surface area contributed by atoms with E-state index in [1.807, 2.05) is 6.07 Å². The second-order valence-corrected chi connectivity index (χ2v) is 6.74. The van der Waals surface area contributed by atoms with Gasteiger partial charge in [0.15, 0.2) is 17.3 Å². The Hall–Kier alpha value is -2.89. The average molecular weight is 359 g/mol. The molecule has 0 heterocycles. The number of anilines is 1. The maximum atomic E-state index is 14.1. The first-order chi connectivity index (χ1) is 12.2. The highest BCUT2D eigenvalue weighted by Gasteiger charge is 2.20. The molecule has 0 aliphatic rings. The molecule has 0 aromatic heterocycles. The topological polar surface area (TPSA) is 64.6 Å². The van der Waals surface area contributed by atoms with Crippen molar-refractivity contribution in [1.29, 1.82) is 0 Å². The van der Waals surface area contributed by atoms with Crippen LogP contribution in [0.15, 0.2) is 42.5 Å². The second-order valence-electron chi connectivity index (χ2n) is 6.74. The molecule has 2 aromatic carbocycles. The van der Waals surface area contributed by atoms with Crippen molar-refractivity contribution in [1.82, 2.24) is 0 Å². The Balaban J connectivity index is 2.30. The van der Waals surface area contributed by atoms with Crippen molar-refractivity contribution in [3.8, 4) is 5.75 Å². The van der Waals surface area contributed by atoms with Gasteiger partial charge in [0.1, 0.15) is 5.60 Å². The number of hydrogen-bond acceptors (Lipinski definition) is 4. The van der Waals surface area contributed by atoms with E-state index in [1.54, 1.807) is 45.0 Å². The molecule has 26 heavy (non-hydrogen) atoms. The molecule has 0 atom stereocenters. The number of Topliss-reactive ketones (excluding diaryl/α,β-unsaturated/α-hetero) is 1. The molecule has 0 saturated heterocycles. The number of ether oxygens (including phenoxy) is 2. The standard InChI is InChI=1S/C20H22FNO4/c1-20(2,3)26-19(24)22-16-12-15(21)18(25-4)11-14(16)10-17(23)13-8-6-5-7-9-13/h5-9,11-12H,10H2,1-4H3,(H,22,24). The van der Waals surface area contributed by atoms with Gasteiger partial charge in [0, 0.05) is 18.1 Å². The van der Waals surface area contributed by atoms with Crippen LogP contribution in [0.4, 0.5) is 14.9 Å². The van der Waals surface area contributed by atoms with Gasteiger partial charge in [-0.2, -0.15) is 0 Å². The smallest absolute Gasteiger partial charge is 0.412 e. The van der Waals surface area contributed by atoms with Crippen LogP contribution in [0.1, 0.15) is 36.7 Å². The summed E-state index contributed by atoms with van der Waals surface area (Å²) in [4.78, 5) is 24.5. The van der Waals surface area contributed by atoms with Crippen molar-refractivity contribution >= 4 is 17.6 Å². The molecule has 5 nitrogen and oxygen atoms in total. The highest BCUT2D eigenvalue weighted by atomic mass is 19.1. The lowest BCUT2D eigenvalue weighted by Crippen LogP contribution is -2.27. The lowest BCUT2D eigenvalue weighted by atomic mass is 10.0. The molecular formula is C20H22FNO4. The first-order valence-corrected chi connectivity index (χ1v) is 8.14. The third-order valence-corrected chi connectivity index (χ3v) is 3.46. The molecule has 0 radical (unpaired) electrons. The zero-order valence-electron chi connectivity index (χ0n) is 15.3. The summed E-state index contributed by atoms with van der Waals surface area (Å²) in [7, 11) is 1.34. The molecule has 138 valence electrons. The Kier molecular flexibility index (Phi) is 5.97. The van der Waals surface area contributed by atoms with Gasteiger partial charge in [-0.1, -0.05) is 30.3 Å². The minimum Gasteiger partial charge on any atom is -0.494 e. The van der Waals surface area contributed by atoms with E-state index in [4.69, 9.17) is 9.47 Å². The SMILES string of the molecule is COc1cc(CC(=O)c2ccccc2)c(NC(=O)OC(C)(C)C)cc1F. The maximum Gasteiger partial charge on any atom is 0.412 e. The number of carbonyl (C=O) groups excluding carboxylic acids is 2. The minimum absolute atomic E-state index is 0.00407. The van der Waals surface area contributed by atoms with Gasteiger partial charge in [-0.05, 0) is 32.4 Å². The summed E-state index contributed by atoms with van der Waals surface area (Å²) in [6.45, 7) is 5.17. The van der Waals surface area contributed by atoms with Crippen LogP contribution in [-0.4, -0.2) is 24.6 Å². The number of benzene rings is 2. The number of halogens is 1. The fourth-order valence-corrected chi connectivity index (χ4v) is 2.33. The number of methoxy groups -OCH3 is 1. The van der Waals surface area contributed by atoms with Crippen LogP contribution < -0.4 is 10.1 Å². The first kappa shape index (κ1) is 19.4. The van der Waals surface area contributed by atoms with Crippen LogP contribution in [0.2, 0.25) is 0 Å². The van der Waals surface area contributed by atoms with Gasteiger partial charge < -0.3 is 9.47 Å². The number of rotatable bonds is 5. The van der Waals surface area contributed by atoms with Gasteiger partial charge in [0.25, 0.3) is 0 Å². The summed E-state index contributed by atoms with van der Waals surface area (Å²) in [5.41, 5.74) is 0.429. The molecule has 2 rings (SSSR count). The highest BCUT2D eigenvalue weighted by Crippen LogP contribution is 2.28. The van der Waals surface area contributed by atoms with Crippen LogP contribution in [0.25, 0.3) is 0 Å². The Labute approximate surface area is 152 Å². The van der Waals surface area contributed by atoms with Crippen molar-refractivity contribution in [3.63, 3.8) is 0 Å². The van der Waals surface area contributed by atoms with Crippen molar-refractivity contribution in [2.75, 3.05) is 12.4 Å². The van der Waals surface area contributed by atoms with E-state index >= 15 is 0 Å². The van der Waals surface area contributed by atoms with Crippen LogP contribution >= 0.6 is 0 Å². The van der Waals surface area contributed by atoms with Gasteiger partial charge in [0.2, 0.25) is 0 Å². The monoisotopic (exact) mass is 359 g/mol. The molecule has 1 amide bonds. The van der Waals surface area contributed by atoms with Gasteiger partial charge >= 0.3 is 6.09 Å². The molecule has 2 aromatic rings. The van der Waals surface area contributed by atoms with Crippen molar-refractivity contribution < 1.29 is 23.5 Å². The Morgan fingerprint density at radius 2 is 1.77 bits per heavy atom. The Morgan fingerprint density at radius 1 is 1.12 bits per heavy atom. The summed E-state index contributed by atoms with van der Waals surface area (Å²) >= 11 is 0. The Bertz CT molecular complexity index is 797. The summed E-state index contributed by atoms with van der Waals surface area (Å²) in [6, 6.07) is 11.3. The van der Waals surface area contributed by atoms with E-state index < -0.39 is 17.5 Å². The fourth-order valence-electron chi connectivity index (χ4n) is 2.33. The molecule has 0 aliphatic carbocycles. The zero-order chi connectivity index (χ0) is 19.3. The highest BCUT2D eigenvalue weighted by molar-refractivity contribution is 5.99. The van der Waals surface area contributed by atoms with E-state index in [0.29, 0.717) is 11.1 Å². The predicted octanol–water partition coefficient (Wildman–Crippen LogP) is 4.61.